The third kappa shape index (κ3) is 3.61. The lowest BCUT2D eigenvalue weighted by atomic mass is 9.72. The number of nitro groups is 1. The summed E-state index contributed by atoms with van der Waals surface area (Å²) >= 11 is 0. The molecule has 0 saturated heterocycles. The normalized spacial score (nSPS) is 15.3. The van der Waals surface area contributed by atoms with E-state index in [4.69, 9.17) is 4.74 Å². The van der Waals surface area contributed by atoms with E-state index in [9.17, 15) is 24.5 Å². The van der Waals surface area contributed by atoms with Gasteiger partial charge in [-0.05, 0) is 27.7 Å². The second-order valence-corrected chi connectivity index (χ2v) is 4.26. The summed E-state index contributed by atoms with van der Waals surface area (Å²) in [6, 6.07) is 0. The van der Waals surface area contributed by atoms with Gasteiger partial charge in [-0.2, -0.15) is 0 Å². The summed E-state index contributed by atoms with van der Waals surface area (Å²) < 4.78 is 4.71. The van der Waals surface area contributed by atoms with Gasteiger partial charge in [0.2, 0.25) is 6.54 Å². The number of esters is 1. The third-order valence-corrected chi connectivity index (χ3v) is 2.83. The molecule has 0 spiro atoms. The number of hydrogen-bond acceptors (Lipinski definition) is 6. The van der Waals surface area contributed by atoms with Crippen molar-refractivity contribution in [3.8, 4) is 0 Å². The molecule has 0 N–H and O–H groups in total. The van der Waals surface area contributed by atoms with Gasteiger partial charge in [-0.25, -0.2) is 0 Å². The van der Waals surface area contributed by atoms with Crippen molar-refractivity contribution in [3.05, 3.63) is 10.1 Å². The first-order valence-electron chi connectivity index (χ1n) is 5.46. The van der Waals surface area contributed by atoms with Crippen LogP contribution >= 0.6 is 0 Å². The highest BCUT2D eigenvalue weighted by molar-refractivity contribution is 6.03. The molecule has 0 aromatic rings. The molecule has 0 aliphatic carbocycles. The van der Waals surface area contributed by atoms with Crippen LogP contribution in [-0.4, -0.2) is 35.6 Å². The highest BCUT2D eigenvalue weighted by Gasteiger charge is 2.50. The summed E-state index contributed by atoms with van der Waals surface area (Å²) in [6.07, 6.45) is 0. The zero-order valence-electron chi connectivity index (χ0n) is 10.9. The van der Waals surface area contributed by atoms with Gasteiger partial charge in [0.25, 0.3) is 0 Å². The van der Waals surface area contributed by atoms with E-state index in [0.29, 0.717) is 0 Å². The Balaban J connectivity index is 5.50. The Labute approximate surface area is 105 Å². The molecule has 2 unspecified atom stereocenters. The summed E-state index contributed by atoms with van der Waals surface area (Å²) in [6.45, 7) is 4.27. The van der Waals surface area contributed by atoms with Crippen molar-refractivity contribution in [3.63, 3.8) is 0 Å². The van der Waals surface area contributed by atoms with E-state index in [1.54, 1.807) is 6.92 Å². The molecule has 0 radical (unpaired) electrons. The van der Waals surface area contributed by atoms with Crippen LogP contribution in [0.5, 0.6) is 0 Å². The first-order valence-corrected chi connectivity index (χ1v) is 5.46. The van der Waals surface area contributed by atoms with Gasteiger partial charge in [-0.15, -0.1) is 0 Å². The molecule has 0 fully saturated rings. The lowest BCUT2D eigenvalue weighted by Gasteiger charge is -2.28. The van der Waals surface area contributed by atoms with Gasteiger partial charge in [0, 0.05) is 4.92 Å². The van der Waals surface area contributed by atoms with E-state index in [1.165, 1.54) is 6.92 Å². The largest absolute Gasteiger partial charge is 0.465 e. The number of ether oxygens (including phenoxy) is 1. The molecular formula is C11H17NO6. The first kappa shape index (κ1) is 16.2. The fourth-order valence-electron chi connectivity index (χ4n) is 1.77. The van der Waals surface area contributed by atoms with Crippen LogP contribution in [-0.2, 0) is 19.1 Å². The molecule has 18 heavy (non-hydrogen) atoms. The number of nitrogens with zero attached hydrogens (tertiary/aromatic N) is 1. The maximum atomic E-state index is 11.7. The minimum Gasteiger partial charge on any atom is -0.465 e. The van der Waals surface area contributed by atoms with E-state index in [1.807, 2.05) is 0 Å². The Morgan fingerprint density at radius 3 is 2.11 bits per heavy atom. The number of carbonyl (C=O) groups excluding carboxylic acids is 3. The van der Waals surface area contributed by atoms with Crippen LogP contribution in [0.1, 0.15) is 27.7 Å². The third-order valence-electron chi connectivity index (χ3n) is 2.83. The monoisotopic (exact) mass is 259 g/mol. The van der Waals surface area contributed by atoms with Crippen LogP contribution < -0.4 is 0 Å². The zero-order chi connectivity index (χ0) is 14.5. The molecule has 7 heteroatoms. The second-order valence-electron chi connectivity index (χ2n) is 4.26. The molecule has 0 aromatic carbocycles. The minimum absolute atomic E-state index is 0.0368. The highest BCUT2D eigenvalue weighted by Crippen LogP contribution is 2.31. The van der Waals surface area contributed by atoms with Crippen molar-refractivity contribution in [2.45, 2.75) is 27.7 Å². The van der Waals surface area contributed by atoms with Crippen LogP contribution in [0.3, 0.4) is 0 Å². The van der Waals surface area contributed by atoms with Gasteiger partial charge >= 0.3 is 5.97 Å². The molecule has 0 heterocycles. The topological polar surface area (TPSA) is 104 Å². The minimum atomic E-state index is -1.68. The van der Waals surface area contributed by atoms with Crippen LogP contribution in [0, 0.1) is 21.4 Å². The maximum absolute atomic E-state index is 11.7. The zero-order valence-corrected chi connectivity index (χ0v) is 10.9. The fourth-order valence-corrected chi connectivity index (χ4v) is 1.77. The van der Waals surface area contributed by atoms with Gasteiger partial charge < -0.3 is 4.74 Å². The Hall–Kier alpha value is -1.79. The van der Waals surface area contributed by atoms with Crippen LogP contribution in [0.15, 0.2) is 0 Å². The summed E-state index contributed by atoms with van der Waals surface area (Å²) in [7, 11) is 0. The molecule has 0 aliphatic rings. The first-order chi connectivity index (χ1) is 8.16. The van der Waals surface area contributed by atoms with Crippen LogP contribution in [0.25, 0.3) is 0 Å². The number of hydrogen-bond donors (Lipinski definition) is 0. The lowest BCUT2D eigenvalue weighted by molar-refractivity contribution is -0.494. The highest BCUT2D eigenvalue weighted by atomic mass is 16.6. The van der Waals surface area contributed by atoms with Crippen molar-refractivity contribution in [1.29, 1.82) is 0 Å². The Bertz CT molecular complexity index is 378. The fraction of sp³-hybridized carbons (Fsp3) is 0.727. The molecule has 102 valence electrons. The maximum Gasteiger partial charge on any atom is 0.317 e. The Morgan fingerprint density at radius 2 is 1.83 bits per heavy atom. The quantitative estimate of drug-likeness (QED) is 0.287. The number of carbonyl (C=O) groups is 3. The molecule has 0 rings (SSSR count). The molecule has 0 amide bonds. The average molecular weight is 259 g/mol. The number of rotatable bonds is 7. The van der Waals surface area contributed by atoms with Gasteiger partial charge in [-0.3, -0.25) is 24.5 Å². The Morgan fingerprint density at radius 1 is 1.33 bits per heavy atom. The van der Waals surface area contributed by atoms with Crippen molar-refractivity contribution in [2.75, 3.05) is 13.2 Å². The van der Waals surface area contributed by atoms with E-state index >= 15 is 0 Å². The molecule has 0 aromatic heterocycles. The van der Waals surface area contributed by atoms with E-state index in [2.05, 4.69) is 0 Å². The standard InChI is InChI=1S/C11H17NO6/c1-5-18-10(15)9(7(2)13)11(4,8(3)14)6-12(16)17/h9H,5-6H2,1-4H3. The van der Waals surface area contributed by atoms with Crippen molar-refractivity contribution in [1.82, 2.24) is 0 Å². The smallest absolute Gasteiger partial charge is 0.317 e. The predicted molar refractivity (Wildman–Crippen MR) is 61.5 cm³/mol. The summed E-state index contributed by atoms with van der Waals surface area (Å²) in [5.41, 5.74) is -1.68. The van der Waals surface area contributed by atoms with Crippen molar-refractivity contribution < 1.29 is 24.0 Å². The van der Waals surface area contributed by atoms with Gasteiger partial charge in [0.15, 0.2) is 0 Å². The SMILES string of the molecule is CCOC(=O)C(C(C)=O)C(C)(C[N+](=O)[O-])C(C)=O. The molecule has 0 saturated carbocycles. The molecule has 0 aliphatic heterocycles. The summed E-state index contributed by atoms with van der Waals surface area (Å²) in [5.74, 6) is -3.55. The van der Waals surface area contributed by atoms with Crippen molar-refractivity contribution >= 4 is 17.5 Å². The average Bonchev–Trinajstić information content (AvgIpc) is 2.15. The molecule has 7 nitrogen and oxygen atoms in total. The summed E-state index contributed by atoms with van der Waals surface area (Å²) in [5, 5.41) is 10.6. The van der Waals surface area contributed by atoms with Gasteiger partial charge in [0.05, 0.1) is 6.61 Å². The predicted octanol–water partition coefficient (Wildman–Crippen LogP) is 0.627. The number of Topliss-reactive ketones (excluding diaryl/α,β-unsaturated/α-hetero) is 2. The Kier molecular flexibility index (Phi) is 5.61. The van der Waals surface area contributed by atoms with Crippen LogP contribution in [0.4, 0.5) is 0 Å². The number of ketones is 2. The lowest BCUT2D eigenvalue weighted by Crippen LogP contribution is -2.48. The molecule has 0 bridgehead atoms. The van der Waals surface area contributed by atoms with Gasteiger partial charge in [-0.1, -0.05) is 0 Å². The second kappa shape index (κ2) is 6.23. The van der Waals surface area contributed by atoms with E-state index in [0.717, 1.165) is 13.8 Å². The summed E-state index contributed by atoms with van der Waals surface area (Å²) in [4.78, 5) is 44.7. The molecular weight excluding hydrogens is 242 g/mol. The van der Waals surface area contributed by atoms with E-state index < -0.39 is 40.3 Å². The van der Waals surface area contributed by atoms with Crippen LogP contribution in [0.2, 0.25) is 0 Å². The van der Waals surface area contributed by atoms with E-state index in [-0.39, 0.29) is 6.61 Å². The molecule has 2 atom stereocenters. The van der Waals surface area contributed by atoms with Gasteiger partial charge in [0.1, 0.15) is 22.9 Å². The van der Waals surface area contributed by atoms with Crippen molar-refractivity contribution in [2.24, 2.45) is 11.3 Å².